The van der Waals surface area contributed by atoms with E-state index in [2.05, 4.69) is 9.71 Å². The van der Waals surface area contributed by atoms with E-state index >= 15 is 0 Å². The van der Waals surface area contributed by atoms with Crippen LogP contribution in [0.2, 0.25) is 0 Å². The molecule has 1 heterocycles. The maximum atomic E-state index is 12.3. The number of nitrogens with one attached hydrogen (secondary N) is 1. The zero-order chi connectivity index (χ0) is 14.3. The molecule has 20 heavy (non-hydrogen) atoms. The number of rotatable bonds is 4. The molecule has 0 radical (unpaired) electrons. The second-order valence-corrected chi connectivity index (χ2v) is 7.51. The van der Waals surface area contributed by atoms with Crippen LogP contribution in [0.25, 0.3) is 0 Å². The quantitative estimate of drug-likeness (QED) is 0.850. The molecular weight excluding hydrogens is 294 g/mol. The molecule has 0 amide bonds. The molecule has 0 saturated heterocycles. The molecule has 1 aromatic carbocycles. The molecule has 1 saturated carbocycles. The van der Waals surface area contributed by atoms with Gasteiger partial charge in [0.15, 0.2) is 5.13 Å². The summed E-state index contributed by atoms with van der Waals surface area (Å²) in [7, 11) is -3.68. The fraction of sp³-hybridized carbons (Fsp3) is 0.308. The predicted octanol–water partition coefficient (Wildman–Crippen LogP) is 2.71. The number of aryl methyl sites for hydroxylation is 1. The molecule has 106 valence electrons. The van der Waals surface area contributed by atoms with Crippen LogP contribution in [0.1, 0.15) is 30.0 Å². The summed E-state index contributed by atoms with van der Waals surface area (Å²) in [5.74, 6) is 0.508. The third-order valence-corrected chi connectivity index (χ3v) is 5.51. The van der Waals surface area contributed by atoms with Crippen molar-refractivity contribution in [1.29, 1.82) is 0 Å². The summed E-state index contributed by atoms with van der Waals surface area (Å²) in [5, 5.41) is 2.31. The first kappa shape index (κ1) is 13.4. The number of hydrogen-bond donors (Lipinski definition) is 2. The van der Waals surface area contributed by atoms with Crippen molar-refractivity contribution in [2.24, 2.45) is 0 Å². The summed E-state index contributed by atoms with van der Waals surface area (Å²) in [4.78, 5) is 4.41. The van der Waals surface area contributed by atoms with Crippen molar-refractivity contribution in [3.8, 4) is 0 Å². The average molecular weight is 309 g/mol. The zero-order valence-electron chi connectivity index (χ0n) is 11.0. The number of anilines is 2. The van der Waals surface area contributed by atoms with E-state index in [4.69, 9.17) is 5.73 Å². The number of nitrogen functional groups attached to an aromatic ring is 1. The normalized spacial score (nSPS) is 15.2. The highest BCUT2D eigenvalue weighted by atomic mass is 32.2. The molecule has 0 atom stereocenters. The molecule has 3 N–H and O–H groups in total. The number of nitrogens with zero attached hydrogens (tertiary/aromatic N) is 1. The van der Waals surface area contributed by atoms with E-state index in [0.29, 0.717) is 11.0 Å². The minimum atomic E-state index is -3.68. The van der Waals surface area contributed by atoms with Crippen LogP contribution in [0.4, 0.5) is 10.8 Å². The number of aromatic nitrogens is 1. The van der Waals surface area contributed by atoms with Crippen molar-refractivity contribution >= 4 is 32.2 Å². The molecule has 0 bridgehead atoms. The van der Waals surface area contributed by atoms with Crippen molar-refractivity contribution < 1.29 is 8.42 Å². The molecule has 5 nitrogen and oxygen atoms in total. The topological polar surface area (TPSA) is 85.1 Å². The lowest BCUT2D eigenvalue weighted by Gasteiger charge is -2.08. The molecule has 1 aliphatic rings. The summed E-state index contributed by atoms with van der Waals surface area (Å²) in [6, 6.07) is 4.89. The summed E-state index contributed by atoms with van der Waals surface area (Å²) < 4.78 is 27.1. The van der Waals surface area contributed by atoms with Gasteiger partial charge in [0.1, 0.15) is 4.90 Å². The lowest BCUT2D eigenvalue weighted by molar-refractivity contribution is 0.601. The SMILES string of the molecule is Cc1ccc(S(=O)(=O)Nc2nc(C3CC3)cs2)c(N)c1. The van der Waals surface area contributed by atoms with Gasteiger partial charge in [0.05, 0.1) is 11.4 Å². The third kappa shape index (κ3) is 2.64. The zero-order valence-corrected chi connectivity index (χ0v) is 12.6. The summed E-state index contributed by atoms with van der Waals surface area (Å²) in [5.41, 5.74) is 7.93. The van der Waals surface area contributed by atoms with Gasteiger partial charge < -0.3 is 5.73 Å². The van der Waals surface area contributed by atoms with E-state index in [1.807, 2.05) is 12.3 Å². The largest absolute Gasteiger partial charge is 0.398 e. The van der Waals surface area contributed by atoms with Crippen LogP contribution in [0, 0.1) is 6.92 Å². The summed E-state index contributed by atoms with van der Waals surface area (Å²) >= 11 is 1.31. The monoisotopic (exact) mass is 309 g/mol. The number of sulfonamides is 1. The fourth-order valence-corrected chi connectivity index (χ4v) is 4.14. The van der Waals surface area contributed by atoms with Gasteiger partial charge in [-0.2, -0.15) is 0 Å². The molecule has 1 aliphatic carbocycles. The van der Waals surface area contributed by atoms with E-state index in [9.17, 15) is 8.42 Å². The maximum Gasteiger partial charge on any atom is 0.265 e. The Morgan fingerprint density at radius 2 is 2.15 bits per heavy atom. The summed E-state index contributed by atoms with van der Waals surface area (Å²) in [6.45, 7) is 1.86. The average Bonchev–Trinajstić information content (AvgIpc) is 3.10. The van der Waals surface area contributed by atoms with Crippen molar-refractivity contribution in [2.45, 2.75) is 30.6 Å². The minimum absolute atomic E-state index is 0.0891. The molecular formula is C13H15N3O2S2. The molecule has 3 rings (SSSR count). The van der Waals surface area contributed by atoms with Crippen molar-refractivity contribution in [3.63, 3.8) is 0 Å². The van der Waals surface area contributed by atoms with E-state index in [1.165, 1.54) is 17.4 Å². The van der Waals surface area contributed by atoms with Crippen LogP contribution in [0.3, 0.4) is 0 Å². The minimum Gasteiger partial charge on any atom is -0.398 e. The van der Waals surface area contributed by atoms with Crippen LogP contribution in [0.15, 0.2) is 28.5 Å². The van der Waals surface area contributed by atoms with E-state index in [1.54, 1.807) is 12.1 Å². The molecule has 1 aromatic heterocycles. The second kappa shape index (κ2) is 4.75. The Bertz CT molecular complexity index is 749. The van der Waals surface area contributed by atoms with Crippen LogP contribution < -0.4 is 10.5 Å². The predicted molar refractivity (Wildman–Crippen MR) is 80.5 cm³/mol. The fourth-order valence-electron chi connectivity index (χ4n) is 1.98. The first-order valence-electron chi connectivity index (χ1n) is 6.30. The Balaban J connectivity index is 1.87. The van der Waals surface area contributed by atoms with Gasteiger partial charge in [-0.05, 0) is 37.5 Å². The van der Waals surface area contributed by atoms with E-state index < -0.39 is 10.0 Å². The Morgan fingerprint density at radius 3 is 2.80 bits per heavy atom. The highest BCUT2D eigenvalue weighted by Gasteiger charge is 2.27. The molecule has 0 spiro atoms. The van der Waals surface area contributed by atoms with E-state index in [0.717, 1.165) is 24.1 Å². The lowest BCUT2D eigenvalue weighted by Crippen LogP contribution is -2.14. The van der Waals surface area contributed by atoms with Crippen molar-refractivity contribution in [1.82, 2.24) is 4.98 Å². The van der Waals surface area contributed by atoms with Crippen molar-refractivity contribution in [2.75, 3.05) is 10.5 Å². The highest BCUT2D eigenvalue weighted by Crippen LogP contribution is 2.41. The summed E-state index contributed by atoms with van der Waals surface area (Å²) in [6.07, 6.45) is 2.28. The Labute approximate surface area is 121 Å². The van der Waals surface area contributed by atoms with Gasteiger partial charge in [-0.15, -0.1) is 11.3 Å². The second-order valence-electron chi connectivity index (χ2n) is 5.00. The molecule has 1 fully saturated rings. The molecule has 2 aromatic rings. The molecule has 7 heteroatoms. The van der Waals surface area contributed by atoms with Crippen LogP contribution in [-0.4, -0.2) is 13.4 Å². The number of nitrogens with two attached hydrogens (primary N) is 1. The van der Waals surface area contributed by atoms with Gasteiger partial charge in [0.2, 0.25) is 0 Å². The lowest BCUT2D eigenvalue weighted by atomic mass is 10.2. The highest BCUT2D eigenvalue weighted by molar-refractivity contribution is 7.93. The van der Waals surface area contributed by atoms with Gasteiger partial charge in [0, 0.05) is 11.3 Å². The van der Waals surface area contributed by atoms with Crippen LogP contribution >= 0.6 is 11.3 Å². The van der Waals surface area contributed by atoms with E-state index in [-0.39, 0.29) is 10.6 Å². The smallest absolute Gasteiger partial charge is 0.265 e. The molecule has 0 unspecified atom stereocenters. The number of thiazole rings is 1. The van der Waals surface area contributed by atoms with Crippen LogP contribution in [0.5, 0.6) is 0 Å². The Morgan fingerprint density at radius 1 is 1.40 bits per heavy atom. The van der Waals surface area contributed by atoms with Gasteiger partial charge in [-0.25, -0.2) is 13.4 Å². The van der Waals surface area contributed by atoms with Gasteiger partial charge >= 0.3 is 0 Å². The number of hydrogen-bond acceptors (Lipinski definition) is 5. The van der Waals surface area contributed by atoms with Gasteiger partial charge in [-0.3, -0.25) is 4.72 Å². The van der Waals surface area contributed by atoms with Crippen molar-refractivity contribution in [3.05, 3.63) is 34.8 Å². The first-order valence-corrected chi connectivity index (χ1v) is 8.66. The molecule has 0 aliphatic heterocycles. The Kier molecular flexibility index (Phi) is 3.18. The first-order chi connectivity index (χ1) is 9.45. The third-order valence-electron chi connectivity index (χ3n) is 3.19. The van der Waals surface area contributed by atoms with Crippen LogP contribution in [-0.2, 0) is 10.0 Å². The van der Waals surface area contributed by atoms with Gasteiger partial charge in [-0.1, -0.05) is 6.07 Å². The number of benzene rings is 1. The standard InChI is InChI=1S/C13H15N3O2S2/c1-8-2-5-12(10(14)6-8)20(17,18)16-13-15-11(7-19-13)9-3-4-9/h2,5-7,9H,3-4,14H2,1H3,(H,15,16). The Hall–Kier alpha value is -1.60. The van der Waals surface area contributed by atoms with Gasteiger partial charge in [0.25, 0.3) is 10.0 Å². The maximum absolute atomic E-state index is 12.3.